The van der Waals surface area contributed by atoms with E-state index in [1.807, 2.05) is 0 Å². The lowest BCUT2D eigenvalue weighted by Gasteiger charge is -2.20. The van der Waals surface area contributed by atoms with E-state index in [4.69, 9.17) is 0 Å². The summed E-state index contributed by atoms with van der Waals surface area (Å²) < 4.78 is 38.0. The summed E-state index contributed by atoms with van der Waals surface area (Å²) in [4.78, 5) is 0.435. The fraction of sp³-hybridized carbons (Fsp3) is 0.600. The van der Waals surface area contributed by atoms with Crippen molar-refractivity contribution >= 4 is 15.9 Å². The van der Waals surface area contributed by atoms with Crippen LogP contribution >= 0.6 is 15.9 Å². The third kappa shape index (κ3) is 4.23. The Labute approximate surface area is 120 Å². The van der Waals surface area contributed by atoms with Crippen LogP contribution in [0.15, 0.2) is 24.3 Å². The normalized spacial score (nSPS) is 25.1. The molecule has 0 N–H and O–H groups in total. The molecule has 1 aromatic rings. The lowest BCUT2D eigenvalue weighted by atomic mass is 9.92. The van der Waals surface area contributed by atoms with E-state index >= 15 is 0 Å². The maximum Gasteiger partial charge on any atom is 0.416 e. The van der Waals surface area contributed by atoms with Gasteiger partial charge in [0.15, 0.2) is 0 Å². The SMILES string of the molecule is FC(F)(F)c1cccc(CC2CCCCCC2Br)c1. The predicted octanol–water partition coefficient (Wildman–Crippen LogP) is 5.59. The minimum Gasteiger partial charge on any atom is -0.166 e. The van der Waals surface area contributed by atoms with Gasteiger partial charge in [-0.15, -0.1) is 0 Å². The van der Waals surface area contributed by atoms with Gasteiger partial charge in [-0.1, -0.05) is 53.4 Å². The molecule has 1 aromatic carbocycles. The molecule has 0 nitrogen and oxygen atoms in total. The van der Waals surface area contributed by atoms with E-state index in [1.165, 1.54) is 31.4 Å². The number of halogens is 4. The third-order valence-electron chi connectivity index (χ3n) is 3.82. The fourth-order valence-electron chi connectivity index (χ4n) is 2.75. The molecule has 0 aliphatic heterocycles. The highest BCUT2D eigenvalue weighted by atomic mass is 79.9. The first-order valence-electron chi connectivity index (χ1n) is 6.77. The van der Waals surface area contributed by atoms with Crippen LogP contribution < -0.4 is 0 Å². The third-order valence-corrected chi connectivity index (χ3v) is 5.02. The van der Waals surface area contributed by atoms with E-state index < -0.39 is 11.7 Å². The smallest absolute Gasteiger partial charge is 0.166 e. The van der Waals surface area contributed by atoms with Crippen LogP contribution in [0.4, 0.5) is 13.2 Å². The molecule has 0 bridgehead atoms. The molecule has 2 rings (SSSR count). The van der Waals surface area contributed by atoms with Crippen molar-refractivity contribution in [2.24, 2.45) is 5.92 Å². The van der Waals surface area contributed by atoms with Crippen molar-refractivity contribution in [2.45, 2.75) is 49.5 Å². The van der Waals surface area contributed by atoms with E-state index in [2.05, 4.69) is 15.9 Å². The van der Waals surface area contributed by atoms with Gasteiger partial charge >= 0.3 is 6.18 Å². The molecular formula is C15H18BrF3. The number of hydrogen-bond acceptors (Lipinski definition) is 0. The average molecular weight is 335 g/mol. The summed E-state index contributed by atoms with van der Waals surface area (Å²) in [5.41, 5.74) is 0.260. The van der Waals surface area contributed by atoms with Crippen LogP contribution in [0, 0.1) is 5.92 Å². The Morgan fingerprint density at radius 2 is 1.84 bits per heavy atom. The fourth-order valence-corrected chi connectivity index (χ4v) is 3.52. The van der Waals surface area contributed by atoms with E-state index in [-0.39, 0.29) is 0 Å². The van der Waals surface area contributed by atoms with Gasteiger partial charge in [-0.25, -0.2) is 0 Å². The molecule has 106 valence electrons. The second kappa shape index (κ2) is 6.29. The van der Waals surface area contributed by atoms with Gasteiger partial charge in [-0.2, -0.15) is 13.2 Å². The second-order valence-electron chi connectivity index (χ2n) is 5.32. The summed E-state index contributed by atoms with van der Waals surface area (Å²) in [5, 5.41) is 0. The monoisotopic (exact) mass is 334 g/mol. The molecule has 2 atom stereocenters. The van der Waals surface area contributed by atoms with E-state index in [0.717, 1.165) is 30.9 Å². The Bertz CT molecular complexity index is 414. The Morgan fingerprint density at radius 1 is 1.11 bits per heavy atom. The van der Waals surface area contributed by atoms with Crippen LogP contribution in [0.3, 0.4) is 0 Å². The molecule has 0 radical (unpaired) electrons. The van der Waals surface area contributed by atoms with Crippen molar-refractivity contribution in [3.63, 3.8) is 0 Å². The summed E-state index contributed by atoms with van der Waals surface area (Å²) in [6, 6.07) is 5.75. The molecule has 1 aliphatic carbocycles. The zero-order valence-electron chi connectivity index (χ0n) is 10.7. The second-order valence-corrected chi connectivity index (χ2v) is 6.49. The maximum absolute atomic E-state index is 12.7. The molecule has 4 heteroatoms. The number of alkyl halides is 4. The van der Waals surface area contributed by atoms with Gasteiger partial charge in [-0.3, -0.25) is 0 Å². The topological polar surface area (TPSA) is 0 Å². The molecule has 2 unspecified atom stereocenters. The van der Waals surface area contributed by atoms with Gasteiger partial charge in [0.25, 0.3) is 0 Å². The Morgan fingerprint density at radius 3 is 2.58 bits per heavy atom. The highest BCUT2D eigenvalue weighted by molar-refractivity contribution is 9.09. The van der Waals surface area contributed by atoms with E-state index in [9.17, 15) is 13.2 Å². The van der Waals surface area contributed by atoms with Crippen molar-refractivity contribution in [2.75, 3.05) is 0 Å². The van der Waals surface area contributed by atoms with Gasteiger partial charge in [0, 0.05) is 4.83 Å². The standard InChI is InChI=1S/C15H18BrF3/c16-14-8-3-1-2-6-12(14)9-11-5-4-7-13(10-11)15(17,18)19/h4-5,7,10,12,14H,1-3,6,8-9H2. The molecule has 19 heavy (non-hydrogen) atoms. The number of hydrogen-bond donors (Lipinski definition) is 0. The van der Waals surface area contributed by atoms with E-state index in [1.54, 1.807) is 6.07 Å². The summed E-state index contributed by atoms with van der Waals surface area (Å²) in [5.74, 6) is 0.450. The van der Waals surface area contributed by atoms with Crippen LogP contribution in [0.1, 0.15) is 43.2 Å². The van der Waals surface area contributed by atoms with Crippen molar-refractivity contribution in [3.8, 4) is 0 Å². The molecular weight excluding hydrogens is 317 g/mol. The molecule has 0 amide bonds. The molecule has 1 aliphatic rings. The highest BCUT2D eigenvalue weighted by Crippen LogP contribution is 2.33. The van der Waals surface area contributed by atoms with E-state index in [0.29, 0.717) is 10.7 Å². The van der Waals surface area contributed by atoms with Crippen LogP contribution in [0.2, 0.25) is 0 Å². The largest absolute Gasteiger partial charge is 0.416 e. The van der Waals surface area contributed by atoms with Gasteiger partial charge in [0.2, 0.25) is 0 Å². The zero-order chi connectivity index (χ0) is 13.9. The predicted molar refractivity (Wildman–Crippen MR) is 74.4 cm³/mol. The maximum atomic E-state index is 12.7. The minimum atomic E-state index is -4.24. The quantitative estimate of drug-likeness (QED) is 0.488. The van der Waals surface area contributed by atoms with Crippen molar-refractivity contribution in [1.29, 1.82) is 0 Å². The van der Waals surface area contributed by atoms with Crippen LogP contribution in [-0.4, -0.2) is 4.83 Å². The Kier molecular flexibility index (Phi) is 4.93. The lowest BCUT2D eigenvalue weighted by molar-refractivity contribution is -0.137. The molecule has 0 saturated heterocycles. The van der Waals surface area contributed by atoms with Crippen LogP contribution in [0.25, 0.3) is 0 Å². The Hall–Kier alpha value is -0.510. The first-order chi connectivity index (χ1) is 8.97. The zero-order valence-corrected chi connectivity index (χ0v) is 12.3. The van der Waals surface area contributed by atoms with Crippen molar-refractivity contribution < 1.29 is 13.2 Å². The van der Waals surface area contributed by atoms with Gasteiger partial charge < -0.3 is 0 Å². The summed E-state index contributed by atoms with van der Waals surface area (Å²) >= 11 is 3.70. The van der Waals surface area contributed by atoms with Crippen molar-refractivity contribution in [1.82, 2.24) is 0 Å². The minimum absolute atomic E-state index is 0.435. The molecule has 1 fully saturated rings. The molecule has 1 saturated carbocycles. The molecule has 0 spiro atoms. The van der Waals surface area contributed by atoms with Crippen LogP contribution in [0.5, 0.6) is 0 Å². The average Bonchev–Trinajstić information content (AvgIpc) is 2.54. The lowest BCUT2D eigenvalue weighted by Crippen LogP contribution is -2.16. The number of benzene rings is 1. The highest BCUT2D eigenvalue weighted by Gasteiger charge is 2.30. The van der Waals surface area contributed by atoms with Gasteiger partial charge in [-0.05, 0) is 36.8 Å². The van der Waals surface area contributed by atoms with Gasteiger partial charge in [0.1, 0.15) is 0 Å². The first-order valence-corrected chi connectivity index (χ1v) is 7.68. The molecule has 0 heterocycles. The Balaban J connectivity index is 2.09. The van der Waals surface area contributed by atoms with Crippen LogP contribution in [-0.2, 0) is 12.6 Å². The summed E-state index contributed by atoms with van der Waals surface area (Å²) in [6.07, 6.45) is 2.37. The number of rotatable bonds is 2. The van der Waals surface area contributed by atoms with Gasteiger partial charge in [0.05, 0.1) is 5.56 Å². The van der Waals surface area contributed by atoms with Crippen molar-refractivity contribution in [3.05, 3.63) is 35.4 Å². The summed E-state index contributed by atoms with van der Waals surface area (Å²) in [6.45, 7) is 0. The molecule has 0 aromatic heterocycles. The first kappa shape index (κ1) is 14.9. The summed E-state index contributed by atoms with van der Waals surface area (Å²) in [7, 11) is 0.